The van der Waals surface area contributed by atoms with Crippen molar-refractivity contribution in [3.63, 3.8) is 0 Å². The van der Waals surface area contributed by atoms with Crippen molar-refractivity contribution < 1.29 is 9.18 Å². The van der Waals surface area contributed by atoms with Gasteiger partial charge in [0.1, 0.15) is 5.82 Å². The molecule has 0 amide bonds. The van der Waals surface area contributed by atoms with Gasteiger partial charge in [-0.3, -0.25) is 9.69 Å². The number of ketones is 1. The van der Waals surface area contributed by atoms with Crippen LogP contribution < -0.4 is 4.90 Å². The Bertz CT molecular complexity index is 491. The maximum Gasteiger partial charge on any atom is 0.161 e. The molecule has 19 heavy (non-hydrogen) atoms. The quantitative estimate of drug-likeness (QED) is 0.781. The number of hydrogen-bond acceptors (Lipinski definition) is 3. The second kappa shape index (κ2) is 4.93. The third-order valence-electron chi connectivity index (χ3n) is 4.06. The molecule has 0 spiro atoms. The molecule has 1 heterocycles. The lowest BCUT2D eigenvalue weighted by Crippen LogP contribution is -2.47. The average molecular weight is 262 g/mol. The van der Waals surface area contributed by atoms with E-state index in [0.717, 1.165) is 32.2 Å². The number of benzene rings is 1. The smallest absolute Gasteiger partial charge is 0.161 e. The van der Waals surface area contributed by atoms with E-state index < -0.39 is 0 Å². The zero-order valence-corrected chi connectivity index (χ0v) is 11.2. The van der Waals surface area contributed by atoms with Crippen LogP contribution in [0.25, 0.3) is 0 Å². The van der Waals surface area contributed by atoms with Crippen LogP contribution in [0.4, 0.5) is 10.1 Å². The van der Waals surface area contributed by atoms with Crippen molar-refractivity contribution >= 4 is 11.5 Å². The van der Waals surface area contributed by atoms with Crippen LogP contribution >= 0.6 is 0 Å². The molecule has 1 aromatic carbocycles. The number of hydrogen-bond donors (Lipinski definition) is 0. The Morgan fingerprint density at radius 3 is 2.47 bits per heavy atom. The zero-order chi connectivity index (χ0) is 13.4. The summed E-state index contributed by atoms with van der Waals surface area (Å²) in [5, 5.41) is 0. The van der Waals surface area contributed by atoms with Gasteiger partial charge < -0.3 is 4.90 Å². The summed E-state index contributed by atoms with van der Waals surface area (Å²) in [5.41, 5.74) is 0.991. The topological polar surface area (TPSA) is 23.6 Å². The van der Waals surface area contributed by atoms with Gasteiger partial charge in [0.2, 0.25) is 0 Å². The highest BCUT2D eigenvalue weighted by atomic mass is 19.1. The fourth-order valence-electron chi connectivity index (χ4n) is 2.87. The van der Waals surface area contributed by atoms with Crippen molar-refractivity contribution in [1.29, 1.82) is 0 Å². The lowest BCUT2D eigenvalue weighted by molar-refractivity contribution is 0.101. The predicted molar refractivity (Wildman–Crippen MR) is 73.2 cm³/mol. The van der Waals surface area contributed by atoms with Crippen molar-refractivity contribution in [2.45, 2.75) is 25.8 Å². The van der Waals surface area contributed by atoms with Crippen LogP contribution in [0, 0.1) is 5.82 Å². The molecule has 3 rings (SSSR count). The van der Waals surface area contributed by atoms with Crippen molar-refractivity contribution in [2.24, 2.45) is 0 Å². The first-order valence-electron chi connectivity index (χ1n) is 6.95. The van der Waals surface area contributed by atoms with Gasteiger partial charge in [-0.15, -0.1) is 0 Å². The minimum atomic E-state index is -0.285. The van der Waals surface area contributed by atoms with Crippen molar-refractivity contribution in [3.05, 3.63) is 29.6 Å². The number of para-hydroxylation sites is 1. The van der Waals surface area contributed by atoms with E-state index in [2.05, 4.69) is 4.90 Å². The SMILES string of the molecule is CC(=O)c1cccc(F)c1N1CCN(C2CC2)CC1. The largest absolute Gasteiger partial charge is 0.366 e. The van der Waals surface area contributed by atoms with Crippen LogP contribution in [0.15, 0.2) is 18.2 Å². The Hall–Kier alpha value is -1.42. The monoisotopic (exact) mass is 262 g/mol. The molecular weight excluding hydrogens is 243 g/mol. The maximum absolute atomic E-state index is 14.1. The summed E-state index contributed by atoms with van der Waals surface area (Å²) in [6.07, 6.45) is 2.61. The standard InChI is InChI=1S/C15H19FN2O/c1-11(19)13-3-2-4-14(16)15(13)18-9-7-17(8-10-18)12-5-6-12/h2-4,12H,5-10H2,1H3. The molecule has 1 saturated heterocycles. The van der Waals surface area contributed by atoms with E-state index in [1.165, 1.54) is 25.8 Å². The van der Waals surface area contributed by atoms with Gasteiger partial charge in [0, 0.05) is 37.8 Å². The van der Waals surface area contributed by atoms with E-state index in [0.29, 0.717) is 11.3 Å². The molecule has 0 atom stereocenters. The molecular formula is C15H19FN2O. The molecule has 1 aromatic rings. The van der Waals surface area contributed by atoms with E-state index in [9.17, 15) is 9.18 Å². The summed E-state index contributed by atoms with van der Waals surface area (Å²) < 4.78 is 14.1. The first-order valence-corrected chi connectivity index (χ1v) is 6.95. The van der Waals surface area contributed by atoms with Crippen LogP contribution in [0.1, 0.15) is 30.1 Å². The summed E-state index contributed by atoms with van der Waals surface area (Å²) in [6.45, 7) is 5.04. The average Bonchev–Trinajstić information content (AvgIpc) is 3.23. The number of halogens is 1. The molecule has 4 heteroatoms. The molecule has 0 unspecified atom stereocenters. The maximum atomic E-state index is 14.1. The molecule has 1 saturated carbocycles. The molecule has 1 aliphatic carbocycles. The summed E-state index contributed by atoms with van der Waals surface area (Å²) in [6, 6.07) is 5.52. The van der Waals surface area contributed by atoms with Crippen molar-refractivity contribution in [2.75, 3.05) is 31.1 Å². The Morgan fingerprint density at radius 1 is 1.21 bits per heavy atom. The Balaban J connectivity index is 1.80. The van der Waals surface area contributed by atoms with Crippen LogP contribution in [0.2, 0.25) is 0 Å². The van der Waals surface area contributed by atoms with Crippen molar-refractivity contribution in [3.8, 4) is 0 Å². The van der Waals surface area contributed by atoms with E-state index in [1.807, 2.05) is 4.90 Å². The van der Waals surface area contributed by atoms with Crippen LogP contribution in [-0.4, -0.2) is 42.9 Å². The van der Waals surface area contributed by atoms with Gasteiger partial charge in [0.25, 0.3) is 0 Å². The number of piperazine rings is 1. The molecule has 0 aromatic heterocycles. The number of rotatable bonds is 3. The highest BCUT2D eigenvalue weighted by Gasteiger charge is 2.32. The van der Waals surface area contributed by atoms with Gasteiger partial charge in [0.05, 0.1) is 5.69 Å². The van der Waals surface area contributed by atoms with Gasteiger partial charge in [-0.1, -0.05) is 6.07 Å². The predicted octanol–water partition coefficient (Wildman–Crippen LogP) is 2.31. The Morgan fingerprint density at radius 2 is 1.89 bits per heavy atom. The minimum absolute atomic E-state index is 0.0703. The second-order valence-electron chi connectivity index (χ2n) is 5.45. The Kier molecular flexibility index (Phi) is 3.27. The third-order valence-corrected chi connectivity index (χ3v) is 4.06. The summed E-state index contributed by atoms with van der Waals surface area (Å²) in [7, 11) is 0. The first-order chi connectivity index (χ1) is 9.16. The highest BCUT2D eigenvalue weighted by Crippen LogP contribution is 2.30. The fourth-order valence-corrected chi connectivity index (χ4v) is 2.87. The van der Waals surface area contributed by atoms with Gasteiger partial charge >= 0.3 is 0 Å². The zero-order valence-electron chi connectivity index (χ0n) is 11.2. The molecule has 2 fully saturated rings. The molecule has 0 bridgehead atoms. The van der Waals surface area contributed by atoms with Crippen LogP contribution in [0.5, 0.6) is 0 Å². The van der Waals surface area contributed by atoms with Gasteiger partial charge in [0.15, 0.2) is 5.78 Å². The van der Waals surface area contributed by atoms with Gasteiger partial charge in [-0.2, -0.15) is 0 Å². The number of nitrogens with zero attached hydrogens (tertiary/aromatic N) is 2. The number of carbonyl (C=O) groups excluding carboxylic acids is 1. The highest BCUT2D eigenvalue weighted by molar-refractivity contribution is 5.99. The van der Waals surface area contributed by atoms with E-state index in [1.54, 1.807) is 12.1 Å². The molecule has 1 aliphatic heterocycles. The summed E-state index contributed by atoms with van der Waals surface area (Å²) in [4.78, 5) is 16.1. The Labute approximate surface area is 113 Å². The van der Waals surface area contributed by atoms with E-state index >= 15 is 0 Å². The fraction of sp³-hybridized carbons (Fsp3) is 0.533. The van der Waals surface area contributed by atoms with Crippen molar-refractivity contribution in [1.82, 2.24) is 4.90 Å². The van der Waals surface area contributed by atoms with Crippen LogP contribution in [-0.2, 0) is 0 Å². The molecule has 3 nitrogen and oxygen atoms in total. The first kappa shape index (κ1) is 12.6. The summed E-state index contributed by atoms with van der Waals surface area (Å²) in [5.74, 6) is -0.355. The van der Waals surface area contributed by atoms with E-state index in [-0.39, 0.29) is 11.6 Å². The number of carbonyl (C=O) groups is 1. The molecule has 102 valence electrons. The van der Waals surface area contributed by atoms with E-state index in [4.69, 9.17) is 0 Å². The van der Waals surface area contributed by atoms with Gasteiger partial charge in [-0.05, 0) is 31.9 Å². The lowest BCUT2D eigenvalue weighted by atomic mass is 10.1. The second-order valence-corrected chi connectivity index (χ2v) is 5.45. The minimum Gasteiger partial charge on any atom is -0.366 e. The lowest BCUT2D eigenvalue weighted by Gasteiger charge is -2.37. The molecule has 0 N–H and O–H groups in total. The van der Waals surface area contributed by atoms with Crippen LogP contribution in [0.3, 0.4) is 0 Å². The summed E-state index contributed by atoms with van der Waals surface area (Å²) >= 11 is 0. The normalized spacial score (nSPS) is 20.6. The molecule has 0 radical (unpaired) electrons. The third kappa shape index (κ3) is 2.50. The van der Waals surface area contributed by atoms with Gasteiger partial charge in [-0.25, -0.2) is 4.39 Å². The molecule has 2 aliphatic rings. The number of anilines is 1. The number of Topliss-reactive ketones (excluding diaryl/α,β-unsaturated/α-hetero) is 1.